The first-order valence-corrected chi connectivity index (χ1v) is 7.41. The van der Waals surface area contributed by atoms with Crippen molar-refractivity contribution < 1.29 is 0 Å². The topological polar surface area (TPSA) is 3.24 Å². The summed E-state index contributed by atoms with van der Waals surface area (Å²) in [5, 5.41) is 0. The maximum Gasteiger partial charge on any atom is 0.0458 e. The third kappa shape index (κ3) is 3.74. The number of allylic oxidation sites excluding steroid dienone is 1. The first-order chi connectivity index (χ1) is 9.83. The summed E-state index contributed by atoms with van der Waals surface area (Å²) < 4.78 is 0. The second-order valence-electron chi connectivity index (χ2n) is 5.03. The number of benzene rings is 2. The van der Waals surface area contributed by atoms with E-state index in [9.17, 15) is 0 Å². The summed E-state index contributed by atoms with van der Waals surface area (Å²) in [4.78, 5) is 2.26. The van der Waals surface area contributed by atoms with Gasteiger partial charge < -0.3 is 4.90 Å². The fraction of sp³-hybridized carbons (Fsp3) is 0.263. The van der Waals surface area contributed by atoms with Crippen LogP contribution in [0.2, 0.25) is 0 Å². The molecule has 0 aromatic heterocycles. The molecule has 0 aliphatic carbocycles. The summed E-state index contributed by atoms with van der Waals surface area (Å²) in [5.41, 5.74) is 3.52. The van der Waals surface area contributed by atoms with Crippen LogP contribution in [0.25, 0.3) is 0 Å². The van der Waals surface area contributed by atoms with E-state index in [2.05, 4.69) is 66.9 Å². The Labute approximate surface area is 122 Å². The minimum Gasteiger partial charge on any atom is -0.315 e. The fourth-order valence-electron chi connectivity index (χ4n) is 2.36. The Hall–Kier alpha value is -2.02. The van der Waals surface area contributed by atoms with Crippen molar-refractivity contribution in [2.24, 2.45) is 0 Å². The van der Waals surface area contributed by atoms with E-state index in [0.29, 0.717) is 0 Å². The predicted octanol–water partition coefficient (Wildman–Crippen LogP) is 5.92. The highest BCUT2D eigenvalue weighted by Crippen LogP contribution is 2.30. The van der Waals surface area contributed by atoms with Crippen LogP contribution in [0.4, 0.5) is 11.4 Å². The average molecular weight is 265 g/mol. The Morgan fingerprint density at radius 1 is 0.850 bits per heavy atom. The van der Waals surface area contributed by atoms with Crippen molar-refractivity contribution in [3.8, 4) is 0 Å². The van der Waals surface area contributed by atoms with E-state index >= 15 is 0 Å². The van der Waals surface area contributed by atoms with Crippen LogP contribution in [-0.4, -0.2) is 0 Å². The Bertz CT molecular complexity index is 476. The highest BCUT2D eigenvalue weighted by atomic mass is 15.1. The van der Waals surface area contributed by atoms with Crippen molar-refractivity contribution in [1.82, 2.24) is 0 Å². The van der Waals surface area contributed by atoms with Gasteiger partial charge in [-0.15, -0.1) is 0 Å². The number of unbranched alkanes of at least 4 members (excludes halogenated alkanes) is 2. The highest BCUT2D eigenvalue weighted by Gasteiger charge is 2.11. The summed E-state index contributed by atoms with van der Waals surface area (Å²) in [6.45, 7) is 6.54. The van der Waals surface area contributed by atoms with Crippen molar-refractivity contribution in [1.29, 1.82) is 0 Å². The molecule has 1 heteroatoms. The van der Waals surface area contributed by atoms with Gasteiger partial charge in [0.2, 0.25) is 0 Å². The van der Waals surface area contributed by atoms with Crippen LogP contribution in [0.15, 0.2) is 72.9 Å². The SMILES string of the molecule is C=C(CCCCC)N(c1ccccc1)c1ccccc1. The molecule has 0 N–H and O–H groups in total. The lowest BCUT2D eigenvalue weighted by Crippen LogP contribution is -2.15. The molecule has 0 radical (unpaired) electrons. The first-order valence-electron chi connectivity index (χ1n) is 7.41. The summed E-state index contributed by atoms with van der Waals surface area (Å²) in [6.07, 6.45) is 4.74. The van der Waals surface area contributed by atoms with Gasteiger partial charge in [-0.05, 0) is 37.1 Å². The molecule has 0 saturated carbocycles. The molecule has 2 aromatic carbocycles. The number of rotatable bonds is 7. The van der Waals surface area contributed by atoms with Crippen molar-refractivity contribution in [2.75, 3.05) is 4.90 Å². The minimum absolute atomic E-state index is 1.04. The number of hydrogen-bond acceptors (Lipinski definition) is 1. The van der Waals surface area contributed by atoms with Gasteiger partial charge in [0.25, 0.3) is 0 Å². The van der Waals surface area contributed by atoms with Crippen LogP contribution < -0.4 is 4.90 Å². The molecule has 0 saturated heterocycles. The van der Waals surface area contributed by atoms with Crippen molar-refractivity contribution in [3.63, 3.8) is 0 Å². The maximum atomic E-state index is 4.31. The zero-order valence-corrected chi connectivity index (χ0v) is 12.3. The molecule has 2 aromatic rings. The number of anilines is 2. The summed E-state index contributed by atoms with van der Waals surface area (Å²) in [7, 11) is 0. The lowest BCUT2D eigenvalue weighted by atomic mass is 10.1. The molecule has 2 rings (SSSR count). The Kier molecular flexibility index (Phi) is 5.43. The molecule has 0 spiro atoms. The molecule has 0 amide bonds. The minimum atomic E-state index is 1.04. The lowest BCUT2D eigenvalue weighted by Gasteiger charge is -2.27. The molecular formula is C19H23N. The van der Waals surface area contributed by atoms with Gasteiger partial charge in [0.15, 0.2) is 0 Å². The monoisotopic (exact) mass is 265 g/mol. The molecule has 0 atom stereocenters. The van der Waals surface area contributed by atoms with E-state index in [0.717, 1.165) is 12.1 Å². The standard InChI is InChI=1S/C19H23N/c1-3-4-7-12-17(2)20(18-13-8-5-9-14-18)19-15-10-6-11-16-19/h5-6,8-11,13-16H,2-4,7,12H2,1H3. The molecule has 0 bridgehead atoms. The third-order valence-electron chi connectivity index (χ3n) is 3.41. The first kappa shape index (κ1) is 14.4. The largest absolute Gasteiger partial charge is 0.315 e. The Morgan fingerprint density at radius 3 is 1.80 bits per heavy atom. The summed E-state index contributed by atoms with van der Waals surface area (Å²) >= 11 is 0. The highest BCUT2D eigenvalue weighted by molar-refractivity contribution is 5.67. The van der Waals surface area contributed by atoms with Gasteiger partial charge in [0, 0.05) is 17.1 Å². The van der Waals surface area contributed by atoms with Crippen LogP contribution in [0, 0.1) is 0 Å². The van der Waals surface area contributed by atoms with Crippen LogP contribution in [0.1, 0.15) is 32.6 Å². The van der Waals surface area contributed by atoms with Crippen LogP contribution in [0.3, 0.4) is 0 Å². The molecule has 20 heavy (non-hydrogen) atoms. The van der Waals surface area contributed by atoms with Crippen LogP contribution >= 0.6 is 0 Å². The van der Waals surface area contributed by atoms with E-state index in [4.69, 9.17) is 0 Å². The maximum absolute atomic E-state index is 4.31. The second kappa shape index (κ2) is 7.54. The summed E-state index contributed by atoms with van der Waals surface area (Å²) in [6, 6.07) is 20.9. The van der Waals surface area contributed by atoms with Gasteiger partial charge in [0.05, 0.1) is 0 Å². The van der Waals surface area contributed by atoms with E-state index in [1.165, 1.54) is 30.6 Å². The molecule has 0 heterocycles. The summed E-state index contributed by atoms with van der Waals surface area (Å²) in [5.74, 6) is 0. The van der Waals surface area contributed by atoms with E-state index < -0.39 is 0 Å². The molecular weight excluding hydrogens is 242 g/mol. The van der Waals surface area contributed by atoms with Crippen molar-refractivity contribution in [2.45, 2.75) is 32.6 Å². The molecule has 0 unspecified atom stereocenters. The van der Waals surface area contributed by atoms with Crippen LogP contribution in [-0.2, 0) is 0 Å². The quantitative estimate of drug-likeness (QED) is 0.562. The number of nitrogens with zero attached hydrogens (tertiary/aromatic N) is 1. The van der Waals surface area contributed by atoms with E-state index in [1.54, 1.807) is 0 Å². The smallest absolute Gasteiger partial charge is 0.0458 e. The van der Waals surface area contributed by atoms with Gasteiger partial charge in [-0.1, -0.05) is 62.7 Å². The van der Waals surface area contributed by atoms with Gasteiger partial charge in [-0.2, -0.15) is 0 Å². The van der Waals surface area contributed by atoms with Gasteiger partial charge in [-0.25, -0.2) is 0 Å². The lowest BCUT2D eigenvalue weighted by molar-refractivity contribution is 0.708. The van der Waals surface area contributed by atoms with Crippen molar-refractivity contribution >= 4 is 11.4 Å². The second-order valence-corrected chi connectivity index (χ2v) is 5.03. The Balaban J connectivity index is 2.23. The zero-order valence-electron chi connectivity index (χ0n) is 12.3. The number of para-hydroxylation sites is 2. The fourth-order valence-corrected chi connectivity index (χ4v) is 2.36. The predicted molar refractivity (Wildman–Crippen MR) is 88.3 cm³/mol. The molecule has 0 aliphatic heterocycles. The van der Waals surface area contributed by atoms with Crippen LogP contribution in [0.5, 0.6) is 0 Å². The van der Waals surface area contributed by atoms with E-state index in [1.807, 2.05) is 12.1 Å². The zero-order chi connectivity index (χ0) is 14.2. The van der Waals surface area contributed by atoms with Gasteiger partial charge in [-0.3, -0.25) is 0 Å². The number of hydrogen-bond donors (Lipinski definition) is 0. The van der Waals surface area contributed by atoms with E-state index in [-0.39, 0.29) is 0 Å². The van der Waals surface area contributed by atoms with Gasteiger partial charge in [0.1, 0.15) is 0 Å². The van der Waals surface area contributed by atoms with Gasteiger partial charge >= 0.3 is 0 Å². The molecule has 0 aliphatic rings. The average Bonchev–Trinajstić information content (AvgIpc) is 2.50. The normalized spacial score (nSPS) is 10.2. The molecule has 104 valence electrons. The molecule has 0 fully saturated rings. The van der Waals surface area contributed by atoms with Crippen molar-refractivity contribution in [3.05, 3.63) is 72.9 Å². The Morgan fingerprint density at radius 2 is 1.35 bits per heavy atom. The molecule has 1 nitrogen and oxygen atoms in total. The third-order valence-corrected chi connectivity index (χ3v) is 3.41.